The summed E-state index contributed by atoms with van der Waals surface area (Å²) < 4.78 is 0. The molecule has 1 fully saturated rings. The van der Waals surface area contributed by atoms with Crippen LogP contribution in [0.2, 0.25) is 0 Å². The number of rotatable bonds is 2. The fraction of sp³-hybridized carbons (Fsp3) is 0.643. The second-order valence-electron chi connectivity index (χ2n) is 5.41. The summed E-state index contributed by atoms with van der Waals surface area (Å²) in [7, 11) is 0. The largest absolute Gasteiger partial charge is 0.338 e. The minimum absolute atomic E-state index is 0. The molecule has 0 saturated heterocycles. The molecule has 1 aromatic rings. The van der Waals surface area contributed by atoms with Crippen molar-refractivity contribution in [3.63, 3.8) is 0 Å². The fourth-order valence-electron chi connectivity index (χ4n) is 3.32. The van der Waals surface area contributed by atoms with E-state index in [1.54, 1.807) is 0 Å². The van der Waals surface area contributed by atoms with Crippen LogP contribution in [0.1, 0.15) is 29.7 Å². The fourth-order valence-corrected chi connectivity index (χ4v) is 4.20. The Hall–Kier alpha value is -0.580. The lowest BCUT2D eigenvalue weighted by Crippen LogP contribution is -2.41. The third kappa shape index (κ3) is 2.81. The summed E-state index contributed by atoms with van der Waals surface area (Å²) in [6, 6.07) is 2.16. The van der Waals surface area contributed by atoms with Gasteiger partial charge in [0.1, 0.15) is 0 Å². The van der Waals surface area contributed by atoms with Gasteiger partial charge in [-0.15, -0.1) is 23.7 Å². The molecule has 0 aromatic carbocycles. The number of carbonyl (C=O) groups is 1. The lowest BCUT2D eigenvalue weighted by atomic mass is 9.94. The topological polar surface area (TPSA) is 46.3 Å². The maximum atomic E-state index is 12.6. The van der Waals surface area contributed by atoms with E-state index in [2.05, 4.69) is 11.4 Å². The molecule has 2 N–H and O–H groups in total. The molecule has 3 nitrogen and oxygen atoms in total. The van der Waals surface area contributed by atoms with Crippen molar-refractivity contribution in [2.75, 3.05) is 13.1 Å². The van der Waals surface area contributed by atoms with Crippen molar-refractivity contribution in [3.05, 3.63) is 21.9 Å². The third-order valence-electron chi connectivity index (χ3n) is 4.40. The van der Waals surface area contributed by atoms with E-state index in [1.165, 1.54) is 10.4 Å². The molecule has 2 aliphatic rings. The normalized spacial score (nSPS) is 25.8. The Kier molecular flexibility index (Phi) is 4.87. The monoisotopic (exact) mass is 300 g/mol. The number of carbonyl (C=O) groups excluding carboxylic acids is 1. The van der Waals surface area contributed by atoms with Crippen LogP contribution in [-0.4, -0.2) is 23.9 Å². The second kappa shape index (κ2) is 6.25. The van der Waals surface area contributed by atoms with Crippen LogP contribution >= 0.6 is 23.7 Å². The molecule has 1 amide bonds. The molecule has 3 rings (SSSR count). The van der Waals surface area contributed by atoms with E-state index < -0.39 is 0 Å². The molecule has 0 spiro atoms. The number of hydrogen-bond donors (Lipinski definition) is 1. The molecule has 0 bridgehead atoms. The van der Waals surface area contributed by atoms with Crippen LogP contribution in [0.25, 0.3) is 0 Å². The van der Waals surface area contributed by atoms with Crippen LogP contribution in [0.5, 0.6) is 0 Å². The first-order valence-electron chi connectivity index (χ1n) is 6.83. The van der Waals surface area contributed by atoms with Crippen LogP contribution in [0.15, 0.2) is 11.4 Å². The van der Waals surface area contributed by atoms with E-state index in [0.717, 1.165) is 38.8 Å². The average molecular weight is 301 g/mol. The Morgan fingerprint density at radius 3 is 3.11 bits per heavy atom. The summed E-state index contributed by atoms with van der Waals surface area (Å²) >= 11 is 1.82. The summed E-state index contributed by atoms with van der Waals surface area (Å²) in [6.45, 7) is 2.36. The van der Waals surface area contributed by atoms with E-state index in [0.29, 0.717) is 18.4 Å². The van der Waals surface area contributed by atoms with Gasteiger partial charge in [0.25, 0.3) is 0 Å². The van der Waals surface area contributed by atoms with E-state index in [1.807, 2.05) is 16.2 Å². The first kappa shape index (κ1) is 14.8. The maximum Gasteiger partial charge on any atom is 0.226 e. The predicted molar refractivity (Wildman–Crippen MR) is 80.6 cm³/mol. The van der Waals surface area contributed by atoms with Gasteiger partial charge in [0, 0.05) is 23.9 Å². The number of nitrogens with two attached hydrogens (primary N) is 1. The number of hydrogen-bond acceptors (Lipinski definition) is 3. The zero-order valence-electron chi connectivity index (χ0n) is 11.0. The highest BCUT2D eigenvalue weighted by molar-refractivity contribution is 7.10. The molecular weight excluding hydrogens is 280 g/mol. The predicted octanol–water partition coefficient (Wildman–Crippen LogP) is 2.43. The quantitative estimate of drug-likeness (QED) is 0.912. The van der Waals surface area contributed by atoms with E-state index >= 15 is 0 Å². The van der Waals surface area contributed by atoms with Gasteiger partial charge in [-0.1, -0.05) is 6.42 Å². The highest BCUT2D eigenvalue weighted by atomic mass is 35.5. The molecule has 1 aliphatic heterocycles. The summed E-state index contributed by atoms with van der Waals surface area (Å²) in [5.41, 5.74) is 7.13. The van der Waals surface area contributed by atoms with E-state index in [-0.39, 0.29) is 18.3 Å². The molecule has 1 aliphatic carbocycles. The van der Waals surface area contributed by atoms with Crippen molar-refractivity contribution in [2.24, 2.45) is 17.6 Å². The van der Waals surface area contributed by atoms with Gasteiger partial charge in [-0.3, -0.25) is 4.79 Å². The lowest BCUT2D eigenvalue weighted by Gasteiger charge is -2.31. The standard InChI is InChI=1S/C14H20N2OS.ClH/c15-8-10-2-1-3-12(10)14(17)16-6-4-13-11(9-16)5-7-18-13;/h5,7,10,12H,1-4,6,8-9,15H2;1H/t10-,12-;/m1./s1. The van der Waals surface area contributed by atoms with E-state index in [4.69, 9.17) is 5.73 Å². The highest BCUT2D eigenvalue weighted by Crippen LogP contribution is 2.34. The summed E-state index contributed by atoms with van der Waals surface area (Å²) in [5, 5.41) is 2.14. The zero-order valence-corrected chi connectivity index (χ0v) is 12.6. The summed E-state index contributed by atoms with van der Waals surface area (Å²) in [6.07, 6.45) is 4.35. The molecule has 2 heterocycles. The number of thiophene rings is 1. The van der Waals surface area contributed by atoms with Crippen molar-refractivity contribution in [3.8, 4) is 0 Å². The minimum Gasteiger partial charge on any atom is -0.338 e. The van der Waals surface area contributed by atoms with Gasteiger partial charge < -0.3 is 10.6 Å². The van der Waals surface area contributed by atoms with Crippen LogP contribution in [0.4, 0.5) is 0 Å². The van der Waals surface area contributed by atoms with Crippen LogP contribution < -0.4 is 5.73 Å². The minimum atomic E-state index is 0. The Morgan fingerprint density at radius 1 is 1.47 bits per heavy atom. The maximum absolute atomic E-state index is 12.6. The first-order chi connectivity index (χ1) is 8.79. The number of fused-ring (bicyclic) bond motifs is 1. The van der Waals surface area contributed by atoms with Gasteiger partial charge in [0.15, 0.2) is 0 Å². The second-order valence-corrected chi connectivity index (χ2v) is 6.41. The number of amides is 1. The van der Waals surface area contributed by atoms with Crippen molar-refractivity contribution < 1.29 is 4.79 Å². The molecule has 0 radical (unpaired) electrons. The Balaban J connectivity index is 0.00000133. The summed E-state index contributed by atoms with van der Waals surface area (Å²) in [4.78, 5) is 16.1. The van der Waals surface area contributed by atoms with Gasteiger partial charge in [-0.25, -0.2) is 0 Å². The number of halogens is 1. The third-order valence-corrected chi connectivity index (χ3v) is 5.42. The lowest BCUT2D eigenvalue weighted by molar-refractivity contribution is -0.137. The van der Waals surface area contributed by atoms with Gasteiger partial charge >= 0.3 is 0 Å². The van der Waals surface area contributed by atoms with Crippen LogP contribution in [0.3, 0.4) is 0 Å². The van der Waals surface area contributed by atoms with Gasteiger partial charge in [-0.05, 0) is 48.7 Å². The van der Waals surface area contributed by atoms with Crippen LogP contribution in [-0.2, 0) is 17.8 Å². The van der Waals surface area contributed by atoms with E-state index in [9.17, 15) is 4.79 Å². The molecule has 5 heteroatoms. The molecule has 2 atom stereocenters. The average Bonchev–Trinajstić information content (AvgIpc) is 3.05. The smallest absolute Gasteiger partial charge is 0.226 e. The first-order valence-corrected chi connectivity index (χ1v) is 7.71. The zero-order chi connectivity index (χ0) is 12.5. The summed E-state index contributed by atoms with van der Waals surface area (Å²) in [5.74, 6) is 0.955. The highest BCUT2D eigenvalue weighted by Gasteiger charge is 2.35. The molecule has 1 aromatic heterocycles. The van der Waals surface area contributed by atoms with Gasteiger partial charge in [0.05, 0.1) is 0 Å². The van der Waals surface area contributed by atoms with Gasteiger partial charge in [0.2, 0.25) is 5.91 Å². The number of nitrogens with zero attached hydrogens (tertiary/aromatic N) is 1. The SMILES string of the molecule is Cl.NC[C@H]1CCC[C@H]1C(=O)N1CCc2sccc2C1. The van der Waals surface area contributed by atoms with Crippen molar-refractivity contribution in [1.29, 1.82) is 0 Å². The molecule has 19 heavy (non-hydrogen) atoms. The van der Waals surface area contributed by atoms with Gasteiger partial charge in [-0.2, -0.15) is 0 Å². The van der Waals surface area contributed by atoms with Crippen molar-refractivity contribution in [1.82, 2.24) is 4.90 Å². The molecule has 0 unspecified atom stereocenters. The molecular formula is C14H21ClN2OS. The Bertz CT molecular complexity index is 448. The Labute approximate surface area is 124 Å². The van der Waals surface area contributed by atoms with Crippen LogP contribution in [0, 0.1) is 11.8 Å². The Morgan fingerprint density at radius 2 is 2.32 bits per heavy atom. The molecule has 1 saturated carbocycles. The molecule has 106 valence electrons. The van der Waals surface area contributed by atoms with Crippen molar-refractivity contribution in [2.45, 2.75) is 32.2 Å². The van der Waals surface area contributed by atoms with Crippen molar-refractivity contribution >= 4 is 29.7 Å².